The summed E-state index contributed by atoms with van der Waals surface area (Å²) in [6.07, 6.45) is 8.69. The van der Waals surface area contributed by atoms with Gasteiger partial charge in [0.2, 0.25) is 11.8 Å². The fourth-order valence-corrected chi connectivity index (χ4v) is 5.95. The number of nitrogens with one attached hydrogen (secondary N) is 1. The Bertz CT molecular complexity index is 1080. The highest BCUT2D eigenvalue weighted by Crippen LogP contribution is 2.39. The molecular weight excluding hydrogens is 488 g/mol. The van der Waals surface area contributed by atoms with Gasteiger partial charge in [0.1, 0.15) is 12.1 Å². The van der Waals surface area contributed by atoms with Crippen LogP contribution in [0.15, 0.2) is 60.7 Å². The average Bonchev–Trinajstić information content (AvgIpc) is 3.22. The molecule has 2 aliphatic heterocycles. The molecule has 2 aromatic rings. The van der Waals surface area contributed by atoms with Gasteiger partial charge in [0, 0.05) is 25.2 Å². The van der Waals surface area contributed by atoms with Crippen LogP contribution in [0.3, 0.4) is 0 Å². The molecule has 0 aromatic heterocycles. The molecule has 1 spiro atoms. The highest BCUT2D eigenvalue weighted by Gasteiger charge is 2.54. The summed E-state index contributed by atoms with van der Waals surface area (Å²) in [6, 6.07) is 19.6. The summed E-state index contributed by atoms with van der Waals surface area (Å²) >= 11 is 0. The van der Waals surface area contributed by atoms with Crippen molar-refractivity contribution in [2.24, 2.45) is 0 Å². The molecule has 7 nitrogen and oxygen atoms in total. The van der Waals surface area contributed by atoms with Crippen LogP contribution < -0.4 is 10.2 Å². The second kappa shape index (κ2) is 13.6. The maximum Gasteiger partial charge on any atom is 0.250 e. The molecule has 2 aromatic carbocycles. The van der Waals surface area contributed by atoms with Crippen molar-refractivity contribution in [2.45, 2.75) is 83.2 Å². The van der Waals surface area contributed by atoms with Crippen LogP contribution in [0.4, 0.5) is 5.69 Å². The summed E-state index contributed by atoms with van der Waals surface area (Å²) in [4.78, 5) is 45.6. The van der Waals surface area contributed by atoms with Crippen molar-refractivity contribution in [1.82, 2.24) is 15.1 Å². The number of hydrogen-bond acceptors (Lipinski definition) is 4. The number of anilines is 1. The summed E-state index contributed by atoms with van der Waals surface area (Å²) in [7, 11) is 0. The van der Waals surface area contributed by atoms with Crippen LogP contribution in [0, 0.1) is 0 Å². The number of rotatable bonds is 12. The fourth-order valence-electron chi connectivity index (χ4n) is 5.95. The van der Waals surface area contributed by atoms with E-state index in [1.54, 1.807) is 4.90 Å². The Balaban J connectivity index is 1.38. The number of nitrogens with zero attached hydrogens (tertiary/aromatic N) is 3. The van der Waals surface area contributed by atoms with Crippen molar-refractivity contribution < 1.29 is 14.4 Å². The van der Waals surface area contributed by atoms with Crippen LogP contribution in [-0.2, 0) is 14.4 Å². The Kier molecular flexibility index (Phi) is 10.0. The lowest BCUT2D eigenvalue weighted by atomic mass is 9.85. The Morgan fingerprint density at radius 2 is 1.51 bits per heavy atom. The topological polar surface area (TPSA) is 73.0 Å². The second-order valence-electron chi connectivity index (χ2n) is 11.0. The largest absolute Gasteiger partial charge is 0.348 e. The standard InChI is InChI=1S/C32H44N4O3/c1-3-4-5-6-7-14-19-30(38)34-22-20-32(21-23-34)31(39)35(25-36(32)28-17-12-9-13-18-28)24-29(37)33-26(2)27-15-10-8-11-16-27/h8-13,15-18,26H,3-7,14,19-25H2,1-2H3,(H,33,37). The van der Waals surface area contributed by atoms with Gasteiger partial charge < -0.3 is 20.0 Å². The number of carbonyl (C=O) groups excluding carboxylic acids is 3. The molecule has 0 bridgehead atoms. The monoisotopic (exact) mass is 532 g/mol. The molecule has 1 N–H and O–H groups in total. The Hall–Kier alpha value is -3.35. The number of para-hydroxylation sites is 1. The van der Waals surface area contributed by atoms with Gasteiger partial charge in [-0.3, -0.25) is 14.4 Å². The zero-order valence-corrected chi connectivity index (χ0v) is 23.6. The Labute approximate surface area is 233 Å². The molecule has 4 rings (SSSR count). The zero-order chi connectivity index (χ0) is 27.7. The summed E-state index contributed by atoms with van der Waals surface area (Å²) in [5.41, 5.74) is 1.26. The van der Waals surface area contributed by atoms with Gasteiger partial charge in [-0.15, -0.1) is 0 Å². The molecule has 0 saturated carbocycles. The van der Waals surface area contributed by atoms with Crippen LogP contribution in [0.5, 0.6) is 0 Å². The van der Waals surface area contributed by atoms with Gasteiger partial charge in [0.15, 0.2) is 0 Å². The first-order valence-corrected chi connectivity index (χ1v) is 14.7. The van der Waals surface area contributed by atoms with Crippen LogP contribution >= 0.6 is 0 Å². The number of hydrogen-bond donors (Lipinski definition) is 1. The van der Waals surface area contributed by atoms with Crippen LogP contribution in [-0.4, -0.2) is 59.4 Å². The van der Waals surface area contributed by atoms with E-state index in [-0.39, 0.29) is 30.3 Å². The van der Waals surface area contributed by atoms with Gasteiger partial charge in [-0.2, -0.15) is 0 Å². The minimum absolute atomic E-state index is 0.0156. The first-order valence-electron chi connectivity index (χ1n) is 14.7. The summed E-state index contributed by atoms with van der Waals surface area (Å²) in [5, 5.41) is 3.04. The molecule has 2 aliphatic rings. The lowest BCUT2D eigenvalue weighted by Gasteiger charge is -2.43. The van der Waals surface area contributed by atoms with E-state index in [0.717, 1.165) is 24.1 Å². The number of amides is 3. The fraction of sp³-hybridized carbons (Fsp3) is 0.531. The Morgan fingerprint density at radius 1 is 0.897 bits per heavy atom. The Morgan fingerprint density at radius 3 is 2.18 bits per heavy atom. The average molecular weight is 533 g/mol. The molecule has 210 valence electrons. The second-order valence-corrected chi connectivity index (χ2v) is 11.0. The van der Waals surface area contributed by atoms with E-state index < -0.39 is 5.54 Å². The van der Waals surface area contributed by atoms with Crippen molar-refractivity contribution in [3.8, 4) is 0 Å². The molecule has 39 heavy (non-hydrogen) atoms. The van der Waals surface area contributed by atoms with Crippen molar-refractivity contribution in [3.63, 3.8) is 0 Å². The van der Waals surface area contributed by atoms with Gasteiger partial charge in [-0.25, -0.2) is 0 Å². The van der Waals surface area contributed by atoms with Gasteiger partial charge in [-0.1, -0.05) is 87.6 Å². The lowest BCUT2D eigenvalue weighted by Crippen LogP contribution is -2.57. The maximum atomic E-state index is 13.9. The van der Waals surface area contributed by atoms with Gasteiger partial charge in [0.25, 0.3) is 5.91 Å². The van der Waals surface area contributed by atoms with E-state index in [1.165, 1.54) is 25.7 Å². The third-order valence-electron chi connectivity index (χ3n) is 8.28. The SMILES string of the molecule is CCCCCCCCC(=O)N1CCC2(CC1)C(=O)N(CC(=O)NC(C)c1ccccc1)CN2c1ccccc1. The normalized spacial score (nSPS) is 17.5. The number of piperidine rings is 1. The molecule has 1 unspecified atom stereocenters. The molecule has 0 aliphatic carbocycles. The quantitative estimate of drug-likeness (QED) is 0.378. The van der Waals surface area contributed by atoms with Gasteiger partial charge in [-0.05, 0) is 43.9 Å². The van der Waals surface area contributed by atoms with Crippen LogP contribution in [0.25, 0.3) is 0 Å². The van der Waals surface area contributed by atoms with E-state index in [4.69, 9.17) is 0 Å². The maximum absolute atomic E-state index is 13.9. The molecule has 2 saturated heterocycles. The first kappa shape index (κ1) is 28.7. The number of carbonyl (C=O) groups is 3. The van der Waals surface area contributed by atoms with E-state index in [0.29, 0.717) is 39.0 Å². The molecular formula is C32H44N4O3. The molecule has 7 heteroatoms. The predicted octanol–water partition coefficient (Wildman–Crippen LogP) is 5.28. The third-order valence-corrected chi connectivity index (χ3v) is 8.28. The smallest absolute Gasteiger partial charge is 0.250 e. The summed E-state index contributed by atoms with van der Waals surface area (Å²) < 4.78 is 0. The predicted molar refractivity (Wildman–Crippen MR) is 155 cm³/mol. The highest BCUT2D eigenvalue weighted by molar-refractivity contribution is 5.96. The molecule has 1 atom stereocenters. The molecule has 3 amide bonds. The van der Waals surface area contributed by atoms with Crippen molar-refractivity contribution >= 4 is 23.4 Å². The minimum Gasteiger partial charge on any atom is -0.348 e. The summed E-state index contributed by atoms with van der Waals surface area (Å²) in [6.45, 7) is 5.67. The van der Waals surface area contributed by atoms with E-state index in [9.17, 15) is 14.4 Å². The highest BCUT2D eigenvalue weighted by atomic mass is 16.2. The zero-order valence-electron chi connectivity index (χ0n) is 23.6. The van der Waals surface area contributed by atoms with Gasteiger partial charge in [0.05, 0.1) is 12.7 Å². The number of unbranched alkanes of at least 4 members (excludes halogenated alkanes) is 5. The van der Waals surface area contributed by atoms with Crippen molar-refractivity contribution in [3.05, 3.63) is 66.2 Å². The number of likely N-dealkylation sites (tertiary alicyclic amines) is 1. The van der Waals surface area contributed by atoms with Crippen LogP contribution in [0.2, 0.25) is 0 Å². The van der Waals surface area contributed by atoms with E-state index >= 15 is 0 Å². The molecule has 0 radical (unpaired) electrons. The van der Waals surface area contributed by atoms with Gasteiger partial charge >= 0.3 is 0 Å². The number of benzene rings is 2. The third kappa shape index (κ3) is 7.00. The van der Waals surface area contributed by atoms with Crippen LogP contribution in [0.1, 0.15) is 83.2 Å². The first-order chi connectivity index (χ1) is 18.9. The minimum atomic E-state index is -0.733. The molecule has 2 fully saturated rings. The van der Waals surface area contributed by atoms with Crippen molar-refractivity contribution in [1.29, 1.82) is 0 Å². The lowest BCUT2D eigenvalue weighted by molar-refractivity contribution is -0.140. The van der Waals surface area contributed by atoms with E-state index in [1.807, 2.05) is 72.5 Å². The summed E-state index contributed by atoms with van der Waals surface area (Å²) in [5.74, 6) is 0.0105. The molecule has 2 heterocycles. The van der Waals surface area contributed by atoms with Crippen molar-refractivity contribution in [2.75, 3.05) is 31.2 Å². The van der Waals surface area contributed by atoms with E-state index in [2.05, 4.69) is 17.1 Å².